The number of methoxy groups -OCH3 is 1. The minimum Gasteiger partial charge on any atom is -0.480 e. The standard InChI is InChI=1S/C24H26F4N6O3S/c1-5-23(13-38(35,32-12-24(26,27)28)22(2,3)21(29)33-23)15-8-14(6-7-16(15)25)19-9-17(34-37-19)18-10-31-20(36-4)11-30-18/h6-11H,5,12-13H2,1-4H3,(H2,29,33)/t23-,38?/m0/s1. The summed E-state index contributed by atoms with van der Waals surface area (Å²) >= 11 is 0. The Hall–Kier alpha value is -3.55. The van der Waals surface area contributed by atoms with Crippen LogP contribution in [0.1, 0.15) is 32.8 Å². The van der Waals surface area contributed by atoms with Crippen LogP contribution in [-0.4, -0.2) is 55.5 Å². The number of ether oxygens (including phenoxy) is 1. The molecule has 38 heavy (non-hydrogen) atoms. The molecule has 3 heterocycles. The Morgan fingerprint density at radius 1 is 1.18 bits per heavy atom. The Bertz CT molecular complexity index is 1490. The molecule has 2 atom stereocenters. The zero-order valence-electron chi connectivity index (χ0n) is 21.0. The van der Waals surface area contributed by atoms with Gasteiger partial charge in [-0.15, -0.1) is 0 Å². The summed E-state index contributed by atoms with van der Waals surface area (Å²) in [5.74, 6) is -0.708. The average Bonchev–Trinajstić information content (AvgIpc) is 3.36. The van der Waals surface area contributed by atoms with E-state index in [1.54, 1.807) is 13.0 Å². The lowest BCUT2D eigenvalue weighted by Gasteiger charge is -2.42. The van der Waals surface area contributed by atoms with Gasteiger partial charge in [0.15, 0.2) is 5.76 Å². The predicted molar refractivity (Wildman–Crippen MR) is 134 cm³/mol. The van der Waals surface area contributed by atoms with Gasteiger partial charge in [0.2, 0.25) is 5.88 Å². The van der Waals surface area contributed by atoms with Crippen molar-refractivity contribution in [1.82, 2.24) is 15.1 Å². The van der Waals surface area contributed by atoms with E-state index in [2.05, 4.69) is 24.5 Å². The molecule has 204 valence electrons. The molecule has 0 saturated carbocycles. The number of hydrogen-bond donors (Lipinski definition) is 1. The molecule has 2 N–H and O–H groups in total. The maximum atomic E-state index is 15.3. The van der Waals surface area contributed by atoms with E-state index < -0.39 is 44.3 Å². The number of nitrogens with zero attached hydrogens (tertiary/aromatic N) is 5. The van der Waals surface area contributed by atoms with Gasteiger partial charge in [0, 0.05) is 17.2 Å². The molecule has 1 aromatic carbocycles. The van der Waals surface area contributed by atoms with Gasteiger partial charge in [0.05, 0.1) is 35.0 Å². The van der Waals surface area contributed by atoms with Crippen LogP contribution in [0.3, 0.4) is 0 Å². The Morgan fingerprint density at radius 2 is 1.92 bits per heavy atom. The quantitative estimate of drug-likeness (QED) is 0.436. The lowest BCUT2D eigenvalue weighted by Crippen LogP contribution is -2.55. The highest BCUT2D eigenvalue weighted by Crippen LogP contribution is 2.43. The lowest BCUT2D eigenvalue weighted by atomic mass is 9.87. The normalized spacial score (nSPS) is 23.1. The largest absolute Gasteiger partial charge is 0.480 e. The smallest absolute Gasteiger partial charge is 0.408 e. The molecule has 0 radical (unpaired) electrons. The highest BCUT2D eigenvalue weighted by Gasteiger charge is 2.50. The Morgan fingerprint density at radius 3 is 2.53 bits per heavy atom. The number of benzene rings is 1. The van der Waals surface area contributed by atoms with Gasteiger partial charge in [-0.05, 0) is 38.5 Å². The van der Waals surface area contributed by atoms with Crippen LogP contribution >= 0.6 is 0 Å². The minimum atomic E-state index is -4.66. The van der Waals surface area contributed by atoms with E-state index in [0.29, 0.717) is 22.8 Å². The van der Waals surface area contributed by atoms with Crippen LogP contribution in [0.2, 0.25) is 0 Å². The number of hydrogen-bond acceptors (Lipinski definition) is 9. The van der Waals surface area contributed by atoms with Gasteiger partial charge in [0.1, 0.15) is 39.9 Å². The fraction of sp³-hybridized carbons (Fsp3) is 0.417. The van der Waals surface area contributed by atoms with Gasteiger partial charge < -0.3 is 15.0 Å². The molecule has 0 aliphatic carbocycles. The first-order chi connectivity index (χ1) is 17.7. The van der Waals surface area contributed by atoms with Crippen LogP contribution in [0, 0.1) is 5.82 Å². The van der Waals surface area contributed by atoms with E-state index >= 15 is 4.39 Å². The van der Waals surface area contributed by atoms with Crippen LogP contribution in [0.15, 0.2) is 50.5 Å². The second kappa shape index (κ2) is 9.64. The number of nitrogens with two attached hydrogens (primary N) is 1. The Kier molecular flexibility index (Phi) is 6.97. The van der Waals surface area contributed by atoms with Crippen LogP contribution < -0.4 is 10.5 Å². The summed E-state index contributed by atoms with van der Waals surface area (Å²) in [5, 5.41) is 3.99. The fourth-order valence-corrected chi connectivity index (χ4v) is 6.65. The third-order valence-electron chi connectivity index (χ3n) is 6.58. The van der Waals surface area contributed by atoms with Crippen molar-refractivity contribution in [2.24, 2.45) is 15.1 Å². The van der Waals surface area contributed by atoms with Crippen molar-refractivity contribution in [2.75, 3.05) is 19.4 Å². The van der Waals surface area contributed by atoms with Crippen LogP contribution in [0.5, 0.6) is 5.88 Å². The SMILES string of the molecule is CC[C@@]1(c2cc(-c3cc(-c4cnc(OC)cn4)no3)ccc2F)CS(=O)(=NCC(F)(F)F)C(C)(C)C(N)=N1. The van der Waals surface area contributed by atoms with Crippen LogP contribution in [0.25, 0.3) is 22.7 Å². The van der Waals surface area contributed by atoms with E-state index in [0.717, 1.165) is 0 Å². The molecule has 9 nitrogen and oxygen atoms in total. The first-order valence-corrected chi connectivity index (χ1v) is 13.2. The summed E-state index contributed by atoms with van der Waals surface area (Å²) in [7, 11) is -2.17. The summed E-state index contributed by atoms with van der Waals surface area (Å²) in [4.78, 5) is 12.8. The number of aromatic nitrogens is 3. The molecule has 2 aromatic heterocycles. The van der Waals surface area contributed by atoms with Gasteiger partial charge in [-0.3, -0.25) is 4.99 Å². The van der Waals surface area contributed by atoms with Crippen molar-refractivity contribution < 1.29 is 31.0 Å². The Labute approximate surface area is 216 Å². The third kappa shape index (κ3) is 4.96. The van der Waals surface area contributed by atoms with Gasteiger partial charge in [-0.1, -0.05) is 12.1 Å². The highest BCUT2D eigenvalue weighted by atomic mass is 32.2. The van der Waals surface area contributed by atoms with Crippen LogP contribution in [-0.2, 0) is 15.3 Å². The number of aliphatic imine (C=N–C) groups is 1. The third-order valence-corrected chi connectivity index (χ3v) is 9.80. The summed E-state index contributed by atoms with van der Waals surface area (Å²) in [6, 6.07) is 5.66. The molecule has 0 saturated heterocycles. The molecule has 3 aromatic rings. The molecule has 0 fully saturated rings. The second-order valence-corrected chi connectivity index (χ2v) is 12.1. The highest BCUT2D eigenvalue weighted by molar-refractivity contribution is 7.95. The topological polar surface area (TPSA) is 129 Å². The minimum absolute atomic E-state index is 0.00747. The van der Waals surface area contributed by atoms with Crippen LogP contribution in [0.4, 0.5) is 17.6 Å². The number of halogens is 4. The van der Waals surface area contributed by atoms with E-state index in [9.17, 15) is 17.4 Å². The molecule has 0 amide bonds. The Balaban J connectivity index is 1.79. The van der Waals surface area contributed by atoms with Gasteiger partial charge in [-0.2, -0.15) is 13.2 Å². The maximum absolute atomic E-state index is 15.3. The van der Waals surface area contributed by atoms with Gasteiger partial charge >= 0.3 is 6.18 Å². The summed E-state index contributed by atoms with van der Waals surface area (Å²) in [6.07, 6.45) is -1.70. The summed E-state index contributed by atoms with van der Waals surface area (Å²) in [6.45, 7) is 2.91. The fourth-order valence-electron chi connectivity index (χ4n) is 4.08. The molecule has 14 heteroatoms. The first kappa shape index (κ1) is 27.5. The predicted octanol–water partition coefficient (Wildman–Crippen LogP) is 4.73. The van der Waals surface area contributed by atoms with Crippen molar-refractivity contribution in [2.45, 2.75) is 43.7 Å². The van der Waals surface area contributed by atoms with Gasteiger partial charge in [0.25, 0.3) is 0 Å². The van der Waals surface area contributed by atoms with Crippen molar-refractivity contribution in [3.05, 3.63) is 48.0 Å². The number of rotatable bonds is 6. The monoisotopic (exact) mass is 554 g/mol. The molecule has 1 unspecified atom stereocenters. The molecule has 1 aliphatic heterocycles. The molecular weight excluding hydrogens is 528 g/mol. The van der Waals surface area contributed by atoms with E-state index in [-0.39, 0.29) is 23.6 Å². The first-order valence-electron chi connectivity index (χ1n) is 11.5. The molecular formula is C24H26F4N6O3S. The van der Waals surface area contributed by atoms with Crippen molar-refractivity contribution in [1.29, 1.82) is 0 Å². The van der Waals surface area contributed by atoms with E-state index in [1.807, 2.05) is 0 Å². The maximum Gasteiger partial charge on any atom is 0.408 e. The van der Waals surface area contributed by atoms with Crippen molar-refractivity contribution in [3.63, 3.8) is 0 Å². The molecule has 4 rings (SSSR count). The van der Waals surface area contributed by atoms with Gasteiger partial charge in [-0.25, -0.2) is 22.9 Å². The summed E-state index contributed by atoms with van der Waals surface area (Å²) < 4.78 is 80.9. The number of amidine groups is 1. The van der Waals surface area contributed by atoms with E-state index in [4.69, 9.17) is 15.0 Å². The lowest BCUT2D eigenvalue weighted by molar-refractivity contribution is -0.117. The zero-order chi connectivity index (χ0) is 27.9. The molecule has 0 spiro atoms. The second-order valence-electron chi connectivity index (χ2n) is 9.29. The van der Waals surface area contributed by atoms with Crippen molar-refractivity contribution >= 4 is 15.6 Å². The average molecular weight is 555 g/mol. The number of alkyl halides is 3. The van der Waals surface area contributed by atoms with E-state index in [1.165, 1.54) is 51.6 Å². The van der Waals surface area contributed by atoms with Crippen molar-refractivity contribution in [3.8, 4) is 28.6 Å². The zero-order valence-corrected chi connectivity index (χ0v) is 21.9. The summed E-state index contributed by atoms with van der Waals surface area (Å²) in [5.41, 5.74) is 5.83. The molecule has 0 bridgehead atoms. The molecule has 1 aliphatic rings.